The number of nitrogens with one attached hydrogen (secondary N) is 1. The lowest BCUT2D eigenvalue weighted by molar-refractivity contribution is -0.121. The molecule has 2 atom stereocenters. The molecule has 0 saturated heterocycles. The first-order valence-corrected chi connectivity index (χ1v) is 4.80. The summed E-state index contributed by atoms with van der Waals surface area (Å²) >= 11 is 0. The molecule has 0 radical (unpaired) electrons. The van der Waals surface area contributed by atoms with Crippen molar-refractivity contribution in [2.45, 2.75) is 38.3 Å². The maximum atomic E-state index is 11.1. The van der Waals surface area contributed by atoms with Gasteiger partial charge in [0, 0.05) is 19.0 Å². The van der Waals surface area contributed by atoms with Crippen molar-refractivity contribution in [1.82, 2.24) is 5.32 Å². The molecule has 1 aliphatic carbocycles. The molecule has 0 aromatic heterocycles. The summed E-state index contributed by atoms with van der Waals surface area (Å²) in [6.07, 6.45) is 2.14. The first-order valence-electron chi connectivity index (χ1n) is 4.80. The minimum atomic E-state index is -0.364. The Morgan fingerprint density at radius 1 is 1.69 bits per heavy atom. The van der Waals surface area contributed by atoms with Crippen LogP contribution in [0.3, 0.4) is 0 Å². The van der Waals surface area contributed by atoms with Gasteiger partial charge in [0.1, 0.15) is 0 Å². The third-order valence-electron chi connectivity index (χ3n) is 2.18. The summed E-state index contributed by atoms with van der Waals surface area (Å²) in [5.41, 5.74) is 5.45. The van der Waals surface area contributed by atoms with E-state index in [-0.39, 0.29) is 18.1 Å². The van der Waals surface area contributed by atoms with Crippen LogP contribution in [-0.2, 0) is 4.79 Å². The molecule has 0 aromatic carbocycles. The molecule has 1 amide bonds. The SMILES string of the molecule is CC(N)CC(=O)NCC(O)C1CC1. The van der Waals surface area contributed by atoms with E-state index in [4.69, 9.17) is 5.73 Å². The van der Waals surface area contributed by atoms with Gasteiger partial charge in [0.25, 0.3) is 0 Å². The zero-order valence-corrected chi connectivity index (χ0v) is 7.99. The van der Waals surface area contributed by atoms with Gasteiger partial charge in [-0.05, 0) is 25.7 Å². The maximum absolute atomic E-state index is 11.1. The zero-order valence-electron chi connectivity index (χ0n) is 7.99. The monoisotopic (exact) mass is 186 g/mol. The van der Waals surface area contributed by atoms with Crippen LogP contribution in [0.15, 0.2) is 0 Å². The van der Waals surface area contributed by atoms with Crippen molar-refractivity contribution in [2.24, 2.45) is 11.7 Å². The standard InChI is InChI=1S/C9H18N2O2/c1-6(10)4-9(13)11-5-8(12)7-2-3-7/h6-8,12H,2-5,10H2,1H3,(H,11,13). The summed E-state index contributed by atoms with van der Waals surface area (Å²) in [4.78, 5) is 11.1. The summed E-state index contributed by atoms with van der Waals surface area (Å²) in [6.45, 7) is 2.16. The molecule has 1 saturated carbocycles. The van der Waals surface area contributed by atoms with E-state index in [0.29, 0.717) is 18.9 Å². The normalized spacial score (nSPS) is 20.8. The number of amides is 1. The van der Waals surface area contributed by atoms with E-state index >= 15 is 0 Å². The number of hydrogen-bond acceptors (Lipinski definition) is 3. The van der Waals surface area contributed by atoms with Crippen molar-refractivity contribution < 1.29 is 9.90 Å². The molecule has 13 heavy (non-hydrogen) atoms. The lowest BCUT2D eigenvalue weighted by Gasteiger charge is -2.11. The number of hydrogen-bond donors (Lipinski definition) is 3. The van der Waals surface area contributed by atoms with E-state index in [0.717, 1.165) is 12.8 Å². The van der Waals surface area contributed by atoms with Crippen molar-refractivity contribution in [3.8, 4) is 0 Å². The Morgan fingerprint density at radius 3 is 2.77 bits per heavy atom. The maximum Gasteiger partial charge on any atom is 0.221 e. The van der Waals surface area contributed by atoms with Crippen LogP contribution in [-0.4, -0.2) is 29.7 Å². The van der Waals surface area contributed by atoms with Crippen molar-refractivity contribution in [3.63, 3.8) is 0 Å². The third kappa shape index (κ3) is 4.24. The molecule has 1 aliphatic rings. The van der Waals surface area contributed by atoms with Crippen molar-refractivity contribution in [2.75, 3.05) is 6.54 Å². The predicted octanol–water partition coefficient (Wildman–Crippen LogP) is -0.389. The quantitative estimate of drug-likeness (QED) is 0.547. The number of carbonyl (C=O) groups is 1. The highest BCUT2D eigenvalue weighted by molar-refractivity contribution is 5.76. The average Bonchev–Trinajstić information content (AvgIpc) is 2.80. The van der Waals surface area contributed by atoms with Crippen LogP contribution in [0.4, 0.5) is 0 Å². The van der Waals surface area contributed by atoms with Crippen LogP contribution in [0.1, 0.15) is 26.2 Å². The van der Waals surface area contributed by atoms with Crippen LogP contribution in [0.2, 0.25) is 0 Å². The molecule has 0 aliphatic heterocycles. The van der Waals surface area contributed by atoms with Gasteiger partial charge in [0.15, 0.2) is 0 Å². The number of aliphatic hydroxyl groups is 1. The Hall–Kier alpha value is -0.610. The average molecular weight is 186 g/mol. The van der Waals surface area contributed by atoms with E-state index < -0.39 is 0 Å². The van der Waals surface area contributed by atoms with Crippen LogP contribution >= 0.6 is 0 Å². The smallest absolute Gasteiger partial charge is 0.221 e. The fourth-order valence-electron chi connectivity index (χ4n) is 1.23. The lowest BCUT2D eigenvalue weighted by atomic mass is 10.2. The molecule has 0 aromatic rings. The molecule has 76 valence electrons. The number of aliphatic hydroxyl groups excluding tert-OH is 1. The molecular weight excluding hydrogens is 168 g/mol. The van der Waals surface area contributed by atoms with E-state index in [1.807, 2.05) is 0 Å². The van der Waals surface area contributed by atoms with Gasteiger partial charge in [-0.1, -0.05) is 0 Å². The van der Waals surface area contributed by atoms with Crippen LogP contribution in [0, 0.1) is 5.92 Å². The molecule has 0 spiro atoms. The fourth-order valence-corrected chi connectivity index (χ4v) is 1.23. The Bertz CT molecular complexity index is 178. The summed E-state index contributed by atoms with van der Waals surface area (Å²) < 4.78 is 0. The Morgan fingerprint density at radius 2 is 2.31 bits per heavy atom. The zero-order chi connectivity index (χ0) is 9.84. The van der Waals surface area contributed by atoms with Crippen LogP contribution < -0.4 is 11.1 Å². The van der Waals surface area contributed by atoms with Crippen LogP contribution in [0.25, 0.3) is 0 Å². The van der Waals surface area contributed by atoms with E-state index in [2.05, 4.69) is 5.32 Å². The minimum Gasteiger partial charge on any atom is -0.391 e. The third-order valence-corrected chi connectivity index (χ3v) is 2.18. The first kappa shape index (κ1) is 10.5. The highest BCUT2D eigenvalue weighted by Gasteiger charge is 2.29. The lowest BCUT2D eigenvalue weighted by Crippen LogP contribution is -2.35. The molecular formula is C9H18N2O2. The van der Waals surface area contributed by atoms with Gasteiger partial charge in [0.2, 0.25) is 5.91 Å². The second-order valence-electron chi connectivity index (χ2n) is 3.89. The number of rotatable bonds is 5. The van der Waals surface area contributed by atoms with Gasteiger partial charge in [-0.3, -0.25) is 4.79 Å². The van der Waals surface area contributed by atoms with E-state index in [1.165, 1.54) is 0 Å². The second-order valence-corrected chi connectivity index (χ2v) is 3.89. The summed E-state index contributed by atoms with van der Waals surface area (Å²) in [5.74, 6) is 0.338. The van der Waals surface area contributed by atoms with Gasteiger partial charge in [0.05, 0.1) is 6.10 Å². The summed E-state index contributed by atoms with van der Waals surface area (Å²) in [7, 11) is 0. The van der Waals surface area contributed by atoms with Gasteiger partial charge >= 0.3 is 0 Å². The van der Waals surface area contributed by atoms with Gasteiger partial charge in [-0.15, -0.1) is 0 Å². The molecule has 0 heterocycles. The number of nitrogens with two attached hydrogens (primary N) is 1. The Kier molecular flexibility index (Phi) is 3.69. The van der Waals surface area contributed by atoms with Crippen LogP contribution in [0.5, 0.6) is 0 Å². The Balaban J connectivity index is 2.06. The molecule has 4 N–H and O–H groups in total. The van der Waals surface area contributed by atoms with Gasteiger partial charge in [-0.2, -0.15) is 0 Å². The van der Waals surface area contributed by atoms with Gasteiger partial charge < -0.3 is 16.2 Å². The number of carbonyl (C=O) groups excluding carboxylic acids is 1. The van der Waals surface area contributed by atoms with Crippen molar-refractivity contribution in [1.29, 1.82) is 0 Å². The fraction of sp³-hybridized carbons (Fsp3) is 0.889. The molecule has 0 bridgehead atoms. The molecule has 2 unspecified atom stereocenters. The molecule has 4 heteroatoms. The minimum absolute atomic E-state index is 0.0744. The van der Waals surface area contributed by atoms with Crippen molar-refractivity contribution >= 4 is 5.91 Å². The van der Waals surface area contributed by atoms with Crippen molar-refractivity contribution in [3.05, 3.63) is 0 Å². The summed E-state index contributed by atoms with van der Waals surface area (Å²) in [6, 6.07) is -0.113. The largest absolute Gasteiger partial charge is 0.391 e. The molecule has 4 nitrogen and oxygen atoms in total. The molecule has 1 fully saturated rings. The summed E-state index contributed by atoms with van der Waals surface area (Å²) in [5, 5.41) is 12.1. The topological polar surface area (TPSA) is 75.4 Å². The molecule has 1 rings (SSSR count). The van der Waals surface area contributed by atoms with E-state index in [1.54, 1.807) is 6.92 Å². The second kappa shape index (κ2) is 4.58. The highest BCUT2D eigenvalue weighted by Crippen LogP contribution is 2.32. The Labute approximate surface area is 78.5 Å². The first-order chi connectivity index (χ1) is 6.09. The van der Waals surface area contributed by atoms with Gasteiger partial charge in [-0.25, -0.2) is 0 Å². The highest BCUT2D eigenvalue weighted by atomic mass is 16.3. The van der Waals surface area contributed by atoms with E-state index in [9.17, 15) is 9.90 Å². The predicted molar refractivity (Wildman–Crippen MR) is 50.0 cm³/mol.